The van der Waals surface area contributed by atoms with E-state index in [1.165, 1.54) is 11.8 Å². The molecule has 2 saturated heterocycles. The highest BCUT2D eigenvalue weighted by Crippen LogP contribution is 2.42. The van der Waals surface area contributed by atoms with E-state index >= 15 is 0 Å². The summed E-state index contributed by atoms with van der Waals surface area (Å²) in [5.74, 6) is 0.887. The van der Waals surface area contributed by atoms with Crippen molar-refractivity contribution in [2.45, 2.75) is 83.8 Å². The fourth-order valence-electron chi connectivity index (χ4n) is 3.16. The van der Waals surface area contributed by atoms with Crippen LogP contribution in [0.25, 0.3) is 0 Å². The third-order valence-corrected chi connectivity index (χ3v) is 11.2. The number of rotatable bonds is 5. The van der Waals surface area contributed by atoms with Crippen LogP contribution in [0.1, 0.15) is 47.5 Å². The lowest BCUT2D eigenvalue weighted by molar-refractivity contribution is -0.148. The lowest BCUT2D eigenvalue weighted by Gasteiger charge is -2.38. The van der Waals surface area contributed by atoms with E-state index < -0.39 is 8.32 Å². The quantitative estimate of drug-likeness (QED) is 0.692. The van der Waals surface area contributed by atoms with Gasteiger partial charge in [0.05, 0.1) is 24.2 Å². The van der Waals surface area contributed by atoms with E-state index in [4.69, 9.17) is 9.26 Å². The van der Waals surface area contributed by atoms with Gasteiger partial charge in [-0.2, -0.15) is 5.06 Å². The number of hydrogen-bond acceptors (Lipinski definition) is 5. The fraction of sp³-hybridized carbons (Fsp3) is 0.941. The van der Waals surface area contributed by atoms with Crippen LogP contribution >= 0.6 is 11.8 Å². The van der Waals surface area contributed by atoms with Crippen molar-refractivity contribution in [2.75, 3.05) is 12.3 Å². The average molecular weight is 360 g/mol. The minimum absolute atomic E-state index is 0.00863. The molecule has 2 aliphatic rings. The Morgan fingerprint density at radius 2 is 2.04 bits per heavy atom. The normalized spacial score (nSPS) is 32.3. The Hall–Kier alpha value is 0.117. The van der Waals surface area contributed by atoms with Crippen molar-refractivity contribution in [1.29, 1.82) is 0 Å². The van der Waals surface area contributed by atoms with Crippen LogP contribution in [0.2, 0.25) is 18.1 Å². The molecule has 0 saturated carbocycles. The first kappa shape index (κ1) is 19.4. The Bertz CT molecular complexity index is 438. The number of nitrogens with zero attached hydrogens (tertiary/aromatic N) is 1. The van der Waals surface area contributed by atoms with Crippen molar-refractivity contribution in [2.24, 2.45) is 5.92 Å². The van der Waals surface area contributed by atoms with Gasteiger partial charge in [0.25, 0.3) is 0 Å². The molecule has 0 unspecified atom stereocenters. The Balaban J connectivity index is 2.00. The Labute approximate surface area is 146 Å². The maximum absolute atomic E-state index is 12.5. The highest BCUT2D eigenvalue weighted by Gasteiger charge is 2.52. The van der Waals surface area contributed by atoms with Gasteiger partial charge in [-0.05, 0) is 37.9 Å². The first-order valence-electron chi connectivity index (χ1n) is 8.84. The third kappa shape index (κ3) is 4.21. The molecule has 2 fully saturated rings. The molecule has 0 aromatic heterocycles. The second-order valence-electron chi connectivity index (χ2n) is 8.41. The summed E-state index contributed by atoms with van der Waals surface area (Å²) in [5, 5.41) is 2.53. The van der Waals surface area contributed by atoms with E-state index in [0.717, 1.165) is 25.1 Å². The predicted molar refractivity (Wildman–Crippen MR) is 99.0 cm³/mol. The summed E-state index contributed by atoms with van der Waals surface area (Å²) >= 11 is 1.47. The lowest BCUT2D eigenvalue weighted by atomic mass is 9.95. The molecule has 0 bridgehead atoms. The Kier molecular flexibility index (Phi) is 6.05. The van der Waals surface area contributed by atoms with Gasteiger partial charge >= 0.3 is 0 Å². The fourth-order valence-corrected chi connectivity index (χ4v) is 5.47. The maximum Gasteiger partial charge on any atom is 0.196 e. The van der Waals surface area contributed by atoms with Gasteiger partial charge in [-0.3, -0.25) is 9.63 Å². The molecule has 0 amide bonds. The zero-order valence-corrected chi connectivity index (χ0v) is 17.5. The summed E-state index contributed by atoms with van der Waals surface area (Å²) in [6, 6.07) is 0.191. The van der Waals surface area contributed by atoms with Crippen molar-refractivity contribution >= 4 is 25.2 Å². The first-order valence-corrected chi connectivity index (χ1v) is 12.7. The van der Waals surface area contributed by atoms with Gasteiger partial charge in [-0.15, -0.1) is 0 Å². The molecule has 0 N–H and O–H groups in total. The van der Waals surface area contributed by atoms with Crippen molar-refractivity contribution in [3.05, 3.63) is 0 Å². The number of hydroxylamine groups is 2. The molecule has 2 heterocycles. The molecule has 2 rings (SSSR count). The molecule has 23 heavy (non-hydrogen) atoms. The molecular formula is C17H33NO3SSi. The smallest absolute Gasteiger partial charge is 0.196 e. The largest absolute Gasteiger partial charge is 0.412 e. The molecule has 6 heteroatoms. The standard InChI is InChI=1S/C17H33NO3SSi/c1-8-9-22-16(19)15-12(2)20-18-11-13(10-14(15)18)21-23(6,7)17(3,4)5/h12-15H,8-11H2,1-7H3/t12-,13+,14-,15-/m0/s1. The number of fused-ring (bicyclic) bond motifs is 1. The summed E-state index contributed by atoms with van der Waals surface area (Å²) in [6.07, 6.45) is 2.13. The summed E-state index contributed by atoms with van der Waals surface area (Å²) in [6.45, 7) is 16.3. The highest BCUT2D eigenvalue weighted by molar-refractivity contribution is 8.13. The van der Waals surface area contributed by atoms with E-state index in [1.807, 2.05) is 12.0 Å². The molecule has 4 atom stereocenters. The van der Waals surface area contributed by atoms with Crippen LogP contribution in [0.4, 0.5) is 0 Å². The molecule has 0 aliphatic carbocycles. The van der Waals surface area contributed by atoms with E-state index in [-0.39, 0.29) is 29.2 Å². The second-order valence-corrected chi connectivity index (χ2v) is 14.3. The van der Waals surface area contributed by atoms with Crippen molar-refractivity contribution in [3.8, 4) is 0 Å². The van der Waals surface area contributed by atoms with Crippen molar-refractivity contribution < 1.29 is 14.1 Å². The van der Waals surface area contributed by atoms with Crippen molar-refractivity contribution in [3.63, 3.8) is 0 Å². The molecule has 134 valence electrons. The summed E-state index contributed by atoms with van der Waals surface area (Å²) in [5.41, 5.74) is 0. The zero-order chi connectivity index (χ0) is 17.4. The number of carbonyl (C=O) groups is 1. The molecular weight excluding hydrogens is 326 g/mol. The number of hydrogen-bond donors (Lipinski definition) is 0. The Morgan fingerprint density at radius 1 is 1.39 bits per heavy atom. The number of carbonyl (C=O) groups excluding carboxylic acids is 1. The minimum Gasteiger partial charge on any atom is -0.412 e. The molecule has 4 nitrogen and oxygen atoms in total. The summed E-state index contributed by atoms with van der Waals surface area (Å²) < 4.78 is 6.54. The Morgan fingerprint density at radius 3 is 2.61 bits per heavy atom. The first-order chi connectivity index (χ1) is 10.6. The third-order valence-electron chi connectivity index (χ3n) is 5.47. The molecule has 0 spiro atoms. The van der Waals surface area contributed by atoms with Crippen LogP contribution in [-0.4, -0.2) is 49.0 Å². The number of thioether (sulfide) groups is 1. The second kappa shape index (κ2) is 7.16. The summed E-state index contributed by atoms with van der Waals surface area (Å²) in [4.78, 5) is 18.5. The SMILES string of the molecule is CCCSC(=O)[C@H]1[C@H](C)ON2C[C@H](O[Si](C)(C)C(C)(C)C)C[C@@H]12. The van der Waals surface area contributed by atoms with Crippen LogP contribution < -0.4 is 0 Å². The van der Waals surface area contributed by atoms with Crippen LogP contribution in [0.3, 0.4) is 0 Å². The average Bonchev–Trinajstić information content (AvgIpc) is 2.89. The van der Waals surface area contributed by atoms with Gasteiger partial charge in [0.1, 0.15) is 0 Å². The summed E-state index contributed by atoms with van der Waals surface area (Å²) in [7, 11) is -1.78. The van der Waals surface area contributed by atoms with Gasteiger partial charge in [0, 0.05) is 12.3 Å². The van der Waals surface area contributed by atoms with Crippen LogP contribution in [0, 0.1) is 5.92 Å². The monoisotopic (exact) mass is 359 g/mol. The molecule has 0 aromatic carbocycles. The van der Waals surface area contributed by atoms with Gasteiger partial charge in [-0.25, -0.2) is 0 Å². The predicted octanol–water partition coefficient (Wildman–Crippen LogP) is 4.07. The van der Waals surface area contributed by atoms with E-state index in [0.29, 0.717) is 5.12 Å². The van der Waals surface area contributed by atoms with Gasteiger partial charge in [0.15, 0.2) is 13.4 Å². The van der Waals surface area contributed by atoms with Crippen LogP contribution in [-0.2, 0) is 14.1 Å². The van der Waals surface area contributed by atoms with E-state index in [1.54, 1.807) is 0 Å². The minimum atomic E-state index is -1.78. The lowest BCUT2D eigenvalue weighted by Crippen LogP contribution is -2.44. The molecule has 2 aliphatic heterocycles. The van der Waals surface area contributed by atoms with Gasteiger partial charge in [-0.1, -0.05) is 39.5 Å². The molecule has 0 radical (unpaired) electrons. The van der Waals surface area contributed by atoms with Crippen LogP contribution in [0.5, 0.6) is 0 Å². The van der Waals surface area contributed by atoms with E-state index in [2.05, 4.69) is 40.8 Å². The van der Waals surface area contributed by atoms with E-state index in [9.17, 15) is 4.79 Å². The molecule has 0 aromatic rings. The highest BCUT2D eigenvalue weighted by atomic mass is 32.2. The van der Waals surface area contributed by atoms with Crippen molar-refractivity contribution in [1.82, 2.24) is 5.06 Å². The maximum atomic E-state index is 12.5. The van der Waals surface area contributed by atoms with Gasteiger partial charge < -0.3 is 4.43 Å². The van der Waals surface area contributed by atoms with Gasteiger partial charge in [0.2, 0.25) is 0 Å². The van der Waals surface area contributed by atoms with Crippen LogP contribution in [0.15, 0.2) is 0 Å². The zero-order valence-electron chi connectivity index (χ0n) is 15.7. The topological polar surface area (TPSA) is 38.8 Å².